The molecule has 3 heterocycles. The van der Waals surface area contributed by atoms with Crippen molar-refractivity contribution in [3.05, 3.63) is 45.3 Å². The third-order valence-electron chi connectivity index (χ3n) is 2.52. The van der Waals surface area contributed by atoms with Gasteiger partial charge in [0.2, 0.25) is 0 Å². The lowest BCUT2D eigenvalue weighted by Crippen LogP contribution is -2.07. The van der Waals surface area contributed by atoms with Crippen LogP contribution in [0.2, 0.25) is 0 Å². The number of halogens is 1. The molecule has 1 atom stereocenters. The molecule has 0 bridgehead atoms. The van der Waals surface area contributed by atoms with Crippen LogP contribution < -0.4 is 0 Å². The standard InChI is InChI=1S/C12H9BrS3/c13-12(5-2-7-16-12)11-9(4-8-15-11)10-3-1-6-14-10/h1-4,6-8H,5H2. The molecule has 0 fully saturated rings. The molecule has 2 aromatic heterocycles. The Morgan fingerprint density at radius 1 is 1.19 bits per heavy atom. The predicted octanol–water partition coefficient (Wildman–Crippen LogP) is 5.67. The van der Waals surface area contributed by atoms with E-state index in [2.05, 4.69) is 56.4 Å². The molecule has 0 saturated heterocycles. The van der Waals surface area contributed by atoms with Gasteiger partial charge < -0.3 is 0 Å². The molecule has 1 aliphatic heterocycles. The quantitative estimate of drug-likeness (QED) is 0.639. The molecule has 16 heavy (non-hydrogen) atoms. The van der Waals surface area contributed by atoms with Crippen LogP contribution in [0.25, 0.3) is 10.4 Å². The van der Waals surface area contributed by atoms with E-state index in [-0.39, 0.29) is 3.66 Å². The van der Waals surface area contributed by atoms with Gasteiger partial charge in [0.1, 0.15) is 3.66 Å². The second-order valence-electron chi connectivity index (χ2n) is 3.56. The van der Waals surface area contributed by atoms with Crippen LogP contribution in [-0.4, -0.2) is 0 Å². The fourth-order valence-corrected chi connectivity index (χ4v) is 5.61. The number of thioether (sulfide) groups is 1. The monoisotopic (exact) mass is 328 g/mol. The van der Waals surface area contributed by atoms with Gasteiger partial charge in [-0.25, -0.2) is 0 Å². The number of hydrogen-bond acceptors (Lipinski definition) is 3. The highest BCUT2D eigenvalue weighted by Gasteiger charge is 2.34. The minimum absolute atomic E-state index is 0.0699. The number of hydrogen-bond donors (Lipinski definition) is 0. The molecule has 1 aliphatic rings. The van der Waals surface area contributed by atoms with Gasteiger partial charge in [0.25, 0.3) is 0 Å². The van der Waals surface area contributed by atoms with E-state index in [1.165, 1.54) is 15.3 Å². The summed E-state index contributed by atoms with van der Waals surface area (Å²) in [6, 6.07) is 6.54. The van der Waals surface area contributed by atoms with Gasteiger partial charge in [-0.15, -0.1) is 34.4 Å². The summed E-state index contributed by atoms with van der Waals surface area (Å²) in [5.41, 5.74) is 1.38. The Kier molecular flexibility index (Phi) is 3.00. The van der Waals surface area contributed by atoms with E-state index in [9.17, 15) is 0 Å². The van der Waals surface area contributed by atoms with Gasteiger partial charge in [-0.1, -0.05) is 28.1 Å². The maximum absolute atomic E-state index is 3.89. The zero-order valence-electron chi connectivity index (χ0n) is 8.35. The number of alkyl halides is 1. The van der Waals surface area contributed by atoms with Gasteiger partial charge in [0.15, 0.2) is 0 Å². The molecule has 0 saturated carbocycles. The topological polar surface area (TPSA) is 0 Å². The average molecular weight is 329 g/mol. The van der Waals surface area contributed by atoms with Crippen LogP contribution in [0, 0.1) is 0 Å². The van der Waals surface area contributed by atoms with E-state index in [0.29, 0.717) is 0 Å². The minimum Gasteiger partial charge on any atom is -0.146 e. The van der Waals surface area contributed by atoms with Crippen molar-refractivity contribution in [1.82, 2.24) is 0 Å². The van der Waals surface area contributed by atoms with E-state index in [1.54, 1.807) is 0 Å². The second-order valence-corrected chi connectivity index (χ2v) is 8.51. The normalized spacial score (nSPS) is 24.1. The van der Waals surface area contributed by atoms with Crippen LogP contribution in [0.15, 0.2) is 40.4 Å². The van der Waals surface area contributed by atoms with E-state index >= 15 is 0 Å². The van der Waals surface area contributed by atoms with Crippen LogP contribution in [0.1, 0.15) is 11.3 Å². The number of thiophene rings is 2. The molecule has 1 unspecified atom stereocenters. The fraction of sp³-hybridized carbons (Fsp3) is 0.167. The molecule has 0 radical (unpaired) electrons. The fourth-order valence-electron chi connectivity index (χ4n) is 1.77. The summed E-state index contributed by atoms with van der Waals surface area (Å²) in [6.07, 6.45) is 3.30. The second kappa shape index (κ2) is 4.33. The van der Waals surface area contributed by atoms with Crippen molar-refractivity contribution < 1.29 is 0 Å². The minimum atomic E-state index is 0.0699. The molecule has 0 N–H and O–H groups in total. The van der Waals surface area contributed by atoms with Gasteiger partial charge in [-0.3, -0.25) is 0 Å². The SMILES string of the molecule is BrC1(c2sccc2-c2cccs2)CC=CS1. The van der Waals surface area contributed by atoms with Gasteiger partial charge in [0.05, 0.1) is 0 Å². The zero-order valence-corrected chi connectivity index (χ0v) is 12.4. The molecule has 82 valence electrons. The van der Waals surface area contributed by atoms with Crippen molar-refractivity contribution in [2.45, 2.75) is 10.1 Å². The summed E-state index contributed by atoms with van der Waals surface area (Å²) in [5, 5.41) is 6.51. The Morgan fingerprint density at radius 2 is 2.12 bits per heavy atom. The van der Waals surface area contributed by atoms with Crippen LogP contribution >= 0.6 is 50.4 Å². The molecule has 4 heteroatoms. The Balaban J connectivity index is 2.06. The molecule has 0 amide bonds. The molecule has 0 aliphatic carbocycles. The Morgan fingerprint density at radius 3 is 2.81 bits per heavy atom. The van der Waals surface area contributed by atoms with Gasteiger partial charge in [0, 0.05) is 15.3 Å². The predicted molar refractivity (Wildman–Crippen MR) is 79.6 cm³/mol. The first-order valence-corrected chi connectivity index (χ1v) is 8.36. The molecule has 3 rings (SSSR count). The van der Waals surface area contributed by atoms with Crippen molar-refractivity contribution in [1.29, 1.82) is 0 Å². The lowest BCUT2D eigenvalue weighted by atomic mass is 10.1. The summed E-state index contributed by atoms with van der Waals surface area (Å²) in [4.78, 5) is 2.80. The van der Waals surface area contributed by atoms with E-state index < -0.39 is 0 Å². The van der Waals surface area contributed by atoms with Crippen molar-refractivity contribution in [3.8, 4) is 10.4 Å². The van der Waals surface area contributed by atoms with Gasteiger partial charge >= 0.3 is 0 Å². The van der Waals surface area contributed by atoms with Crippen molar-refractivity contribution in [3.63, 3.8) is 0 Å². The molecular formula is C12H9BrS3. The van der Waals surface area contributed by atoms with E-state index in [4.69, 9.17) is 0 Å². The maximum Gasteiger partial charge on any atom is 0.113 e. The highest BCUT2D eigenvalue weighted by molar-refractivity contribution is 9.11. The third kappa shape index (κ3) is 1.82. The van der Waals surface area contributed by atoms with Gasteiger partial charge in [-0.05, 0) is 34.7 Å². The zero-order chi connectivity index (χ0) is 11.0. The van der Waals surface area contributed by atoms with Gasteiger partial charge in [-0.2, -0.15) is 0 Å². The summed E-state index contributed by atoms with van der Waals surface area (Å²) in [5.74, 6) is 0. The average Bonchev–Trinajstić information content (AvgIpc) is 2.98. The Hall–Kier alpha value is -0.0300. The van der Waals surface area contributed by atoms with Crippen molar-refractivity contribution >= 4 is 50.4 Å². The molecule has 0 aromatic carbocycles. The van der Waals surface area contributed by atoms with E-state index in [1.807, 2.05) is 34.4 Å². The maximum atomic E-state index is 3.89. The first-order valence-electron chi connectivity index (χ1n) is 4.93. The summed E-state index contributed by atoms with van der Waals surface area (Å²) < 4.78 is 0.0699. The molecule has 0 spiro atoms. The van der Waals surface area contributed by atoms with Crippen LogP contribution in [-0.2, 0) is 3.66 Å². The largest absolute Gasteiger partial charge is 0.146 e. The molecular weight excluding hydrogens is 320 g/mol. The molecule has 2 aromatic rings. The summed E-state index contributed by atoms with van der Waals surface area (Å²) in [7, 11) is 0. The molecule has 0 nitrogen and oxygen atoms in total. The number of rotatable bonds is 2. The lowest BCUT2D eigenvalue weighted by molar-refractivity contribution is 0.961. The number of allylic oxidation sites excluding steroid dienone is 1. The first-order chi connectivity index (χ1) is 7.80. The highest BCUT2D eigenvalue weighted by atomic mass is 79.9. The van der Waals surface area contributed by atoms with Crippen LogP contribution in [0.5, 0.6) is 0 Å². The smallest absolute Gasteiger partial charge is 0.113 e. The van der Waals surface area contributed by atoms with Crippen molar-refractivity contribution in [2.24, 2.45) is 0 Å². The third-order valence-corrected chi connectivity index (χ3v) is 7.25. The van der Waals surface area contributed by atoms with Crippen molar-refractivity contribution in [2.75, 3.05) is 0 Å². The van der Waals surface area contributed by atoms with Crippen LogP contribution in [0.4, 0.5) is 0 Å². The van der Waals surface area contributed by atoms with Crippen LogP contribution in [0.3, 0.4) is 0 Å². The summed E-state index contributed by atoms with van der Waals surface area (Å²) >= 11 is 9.40. The first kappa shape index (κ1) is 11.1. The van der Waals surface area contributed by atoms with E-state index in [0.717, 1.165) is 6.42 Å². The Bertz CT molecular complexity index is 502. The Labute approximate surface area is 116 Å². The summed E-state index contributed by atoms with van der Waals surface area (Å²) in [6.45, 7) is 0. The lowest BCUT2D eigenvalue weighted by Gasteiger charge is -2.20. The highest BCUT2D eigenvalue weighted by Crippen LogP contribution is 2.55.